The molecule has 0 fully saturated rings. The largest absolute Gasteiger partial charge is 0.480 e. The topological polar surface area (TPSA) is 99.2 Å². The summed E-state index contributed by atoms with van der Waals surface area (Å²) in [6.45, 7) is 1.92. The molecule has 0 aliphatic carbocycles. The molecular formula is C14H17N7O2. The Balaban J connectivity index is 1.66. The van der Waals surface area contributed by atoms with Gasteiger partial charge in [0, 0.05) is 37.7 Å². The predicted molar refractivity (Wildman–Crippen MR) is 82.2 cm³/mol. The number of amides is 1. The number of hydrogen-bond donors (Lipinski definition) is 1. The van der Waals surface area contributed by atoms with Crippen LogP contribution < -0.4 is 10.1 Å². The van der Waals surface area contributed by atoms with Gasteiger partial charge in [0.05, 0.1) is 7.11 Å². The average molecular weight is 315 g/mol. The lowest BCUT2D eigenvalue weighted by Crippen LogP contribution is -2.14. The maximum Gasteiger partial charge on any atom is 0.231 e. The Morgan fingerprint density at radius 2 is 2.13 bits per heavy atom. The summed E-state index contributed by atoms with van der Waals surface area (Å²) in [4.78, 5) is 12.0. The van der Waals surface area contributed by atoms with Crippen molar-refractivity contribution < 1.29 is 9.53 Å². The molecule has 0 aliphatic heterocycles. The van der Waals surface area contributed by atoms with Crippen LogP contribution >= 0.6 is 0 Å². The van der Waals surface area contributed by atoms with E-state index in [4.69, 9.17) is 4.74 Å². The van der Waals surface area contributed by atoms with E-state index in [0.717, 1.165) is 5.69 Å². The summed E-state index contributed by atoms with van der Waals surface area (Å²) in [5, 5.41) is 19.3. The number of methoxy groups -OCH3 is 1. The zero-order valence-corrected chi connectivity index (χ0v) is 13.1. The van der Waals surface area contributed by atoms with Crippen molar-refractivity contribution in [3.63, 3.8) is 0 Å². The molecule has 9 heteroatoms. The summed E-state index contributed by atoms with van der Waals surface area (Å²) in [5.41, 5.74) is 1.58. The first kappa shape index (κ1) is 14.9. The molecule has 0 spiro atoms. The second kappa shape index (κ2) is 6.03. The lowest BCUT2D eigenvalue weighted by atomic mass is 10.3. The van der Waals surface area contributed by atoms with Crippen LogP contribution in [0, 0.1) is 6.92 Å². The van der Waals surface area contributed by atoms with Crippen LogP contribution in [0.3, 0.4) is 0 Å². The van der Waals surface area contributed by atoms with Crippen molar-refractivity contribution in [2.24, 2.45) is 7.05 Å². The number of rotatable bonds is 5. The van der Waals surface area contributed by atoms with Crippen molar-refractivity contribution in [1.82, 2.24) is 29.6 Å². The predicted octanol–water partition coefficient (Wildman–Crippen LogP) is 0.746. The highest BCUT2D eigenvalue weighted by molar-refractivity contribution is 5.89. The van der Waals surface area contributed by atoms with E-state index < -0.39 is 0 Å². The van der Waals surface area contributed by atoms with Gasteiger partial charge in [0.25, 0.3) is 0 Å². The van der Waals surface area contributed by atoms with Gasteiger partial charge in [0.15, 0.2) is 17.3 Å². The molecule has 0 unspecified atom stereocenters. The Bertz CT molecular complexity index is 833. The van der Waals surface area contributed by atoms with Crippen molar-refractivity contribution in [2.45, 2.75) is 19.8 Å². The molecule has 0 saturated heterocycles. The molecule has 9 nitrogen and oxygen atoms in total. The van der Waals surface area contributed by atoms with Crippen molar-refractivity contribution in [2.75, 3.05) is 12.4 Å². The molecule has 0 saturated carbocycles. The molecule has 3 rings (SSSR count). The molecule has 0 bridgehead atoms. The number of aryl methyl sites for hydroxylation is 3. The normalized spacial score (nSPS) is 10.9. The molecule has 1 amide bonds. The van der Waals surface area contributed by atoms with Crippen LogP contribution in [0.2, 0.25) is 0 Å². The zero-order valence-electron chi connectivity index (χ0n) is 13.1. The Hall–Kier alpha value is -2.97. The molecule has 23 heavy (non-hydrogen) atoms. The molecule has 3 heterocycles. The highest BCUT2D eigenvalue weighted by atomic mass is 16.5. The Kier molecular flexibility index (Phi) is 3.92. The van der Waals surface area contributed by atoms with E-state index >= 15 is 0 Å². The van der Waals surface area contributed by atoms with Gasteiger partial charge in [0.1, 0.15) is 0 Å². The highest BCUT2D eigenvalue weighted by Gasteiger charge is 2.11. The zero-order chi connectivity index (χ0) is 16.4. The molecule has 0 atom stereocenters. The molecule has 0 aliphatic rings. The third-order valence-electron chi connectivity index (χ3n) is 3.47. The monoisotopic (exact) mass is 315 g/mol. The average Bonchev–Trinajstić information content (AvgIpc) is 3.08. The van der Waals surface area contributed by atoms with Crippen LogP contribution in [-0.4, -0.2) is 42.6 Å². The van der Waals surface area contributed by atoms with Crippen molar-refractivity contribution in [3.8, 4) is 5.88 Å². The molecule has 1 N–H and O–H groups in total. The summed E-state index contributed by atoms with van der Waals surface area (Å²) in [6.07, 6.45) is 0.675. The molecule has 3 aromatic rings. The van der Waals surface area contributed by atoms with E-state index in [1.165, 1.54) is 0 Å². The van der Waals surface area contributed by atoms with Crippen LogP contribution in [-0.2, 0) is 18.3 Å². The number of nitrogens with zero attached hydrogens (tertiary/aromatic N) is 6. The van der Waals surface area contributed by atoms with Gasteiger partial charge < -0.3 is 10.1 Å². The van der Waals surface area contributed by atoms with E-state index in [2.05, 4.69) is 25.7 Å². The second-order valence-corrected chi connectivity index (χ2v) is 5.10. The van der Waals surface area contributed by atoms with Crippen molar-refractivity contribution >= 4 is 17.4 Å². The van der Waals surface area contributed by atoms with Crippen LogP contribution in [0.4, 0.5) is 5.82 Å². The van der Waals surface area contributed by atoms with Crippen LogP contribution in [0.1, 0.15) is 17.9 Å². The van der Waals surface area contributed by atoms with Gasteiger partial charge in [-0.3, -0.25) is 9.48 Å². The lowest BCUT2D eigenvalue weighted by molar-refractivity contribution is -0.116. The third-order valence-corrected chi connectivity index (χ3v) is 3.47. The van der Waals surface area contributed by atoms with Gasteiger partial charge in [-0.25, -0.2) is 0 Å². The number of aromatic nitrogens is 6. The number of carbonyl (C=O) groups excluding carboxylic acids is 1. The fourth-order valence-electron chi connectivity index (χ4n) is 2.13. The van der Waals surface area contributed by atoms with Gasteiger partial charge in [-0.05, 0) is 13.0 Å². The minimum Gasteiger partial charge on any atom is -0.480 e. The van der Waals surface area contributed by atoms with Gasteiger partial charge in [-0.1, -0.05) is 0 Å². The molecular weight excluding hydrogens is 298 g/mol. The number of anilines is 1. The van der Waals surface area contributed by atoms with E-state index in [1.54, 1.807) is 28.4 Å². The molecule has 0 aromatic carbocycles. The first-order valence-corrected chi connectivity index (χ1v) is 7.12. The summed E-state index contributed by atoms with van der Waals surface area (Å²) >= 11 is 0. The molecule has 0 radical (unpaired) electrons. The van der Waals surface area contributed by atoms with Gasteiger partial charge in [0.2, 0.25) is 11.8 Å². The smallest absolute Gasteiger partial charge is 0.231 e. The summed E-state index contributed by atoms with van der Waals surface area (Å²) in [7, 11) is 3.37. The minimum absolute atomic E-state index is 0.136. The summed E-state index contributed by atoms with van der Waals surface area (Å²) in [6, 6.07) is 5.29. The van der Waals surface area contributed by atoms with Crippen LogP contribution in [0.25, 0.3) is 5.65 Å². The van der Waals surface area contributed by atoms with E-state index in [9.17, 15) is 4.79 Å². The Morgan fingerprint density at radius 3 is 2.83 bits per heavy atom. The number of nitrogens with one attached hydrogen (secondary N) is 1. The van der Waals surface area contributed by atoms with Gasteiger partial charge in [-0.2, -0.15) is 9.61 Å². The number of hydrogen-bond acceptors (Lipinski definition) is 6. The molecule has 3 aromatic heterocycles. The van der Waals surface area contributed by atoms with E-state index in [1.807, 2.05) is 20.0 Å². The Labute approximate surface area is 132 Å². The van der Waals surface area contributed by atoms with Crippen LogP contribution in [0.5, 0.6) is 5.88 Å². The van der Waals surface area contributed by atoms with Gasteiger partial charge >= 0.3 is 0 Å². The fourth-order valence-corrected chi connectivity index (χ4v) is 2.13. The standard InChI is InChI=1S/C14H17N7O2/c1-9-8-10(18-20(9)2)15-13(22)6-4-11-16-17-12-5-7-14(23-3)19-21(11)12/h5,7-8H,4,6H2,1-3H3,(H,15,18,22). The van der Waals surface area contributed by atoms with Crippen LogP contribution in [0.15, 0.2) is 18.2 Å². The minimum atomic E-state index is -0.136. The van der Waals surface area contributed by atoms with E-state index in [0.29, 0.717) is 29.6 Å². The maximum atomic E-state index is 12.0. The maximum absolute atomic E-state index is 12.0. The van der Waals surface area contributed by atoms with Crippen molar-refractivity contribution in [1.29, 1.82) is 0 Å². The molecule has 120 valence electrons. The van der Waals surface area contributed by atoms with Crippen molar-refractivity contribution in [3.05, 3.63) is 29.7 Å². The number of carbonyl (C=O) groups is 1. The lowest BCUT2D eigenvalue weighted by Gasteiger charge is -2.02. The van der Waals surface area contributed by atoms with E-state index in [-0.39, 0.29) is 12.3 Å². The number of fused-ring (bicyclic) bond motifs is 1. The fraction of sp³-hybridized carbons (Fsp3) is 0.357. The first-order chi connectivity index (χ1) is 11.1. The van der Waals surface area contributed by atoms with Gasteiger partial charge in [-0.15, -0.1) is 15.3 Å². The first-order valence-electron chi connectivity index (χ1n) is 7.12. The summed E-state index contributed by atoms with van der Waals surface area (Å²) < 4.78 is 8.37. The Morgan fingerprint density at radius 1 is 1.30 bits per heavy atom. The summed E-state index contributed by atoms with van der Waals surface area (Å²) in [5.74, 6) is 1.47. The quantitative estimate of drug-likeness (QED) is 0.746. The number of ether oxygens (including phenoxy) is 1. The highest BCUT2D eigenvalue weighted by Crippen LogP contribution is 2.11. The third kappa shape index (κ3) is 3.12. The second-order valence-electron chi connectivity index (χ2n) is 5.10. The SMILES string of the molecule is COc1ccc2nnc(CCC(=O)Nc3cc(C)n(C)n3)n2n1.